The van der Waals surface area contributed by atoms with E-state index in [2.05, 4.69) is 37.3 Å². The molecule has 3 heterocycles. The van der Waals surface area contributed by atoms with Gasteiger partial charge < -0.3 is 0 Å². The quantitative estimate of drug-likeness (QED) is 0.457. The van der Waals surface area contributed by atoms with E-state index >= 15 is 0 Å². The van der Waals surface area contributed by atoms with Gasteiger partial charge in [0.25, 0.3) is 0 Å². The van der Waals surface area contributed by atoms with Crippen molar-refractivity contribution < 1.29 is 4.79 Å². The number of carbonyl (C=O) groups is 1. The van der Waals surface area contributed by atoms with Gasteiger partial charge in [-0.05, 0) is 25.5 Å². The molecule has 10 heteroatoms. The smallest absolute Gasteiger partial charge is 0.239 e. The van der Waals surface area contributed by atoms with Crippen LogP contribution in [0.4, 0.5) is 5.13 Å². The first-order valence-corrected chi connectivity index (χ1v) is 10.0. The molecular formula is C17H19N7OS2. The lowest BCUT2D eigenvalue weighted by atomic mass is 10.3. The van der Waals surface area contributed by atoms with Gasteiger partial charge in [-0.15, -0.1) is 27.0 Å². The summed E-state index contributed by atoms with van der Waals surface area (Å²) >= 11 is 2.72. The number of hydrogen-bond donors (Lipinski definition) is 1. The molecule has 0 aliphatic rings. The van der Waals surface area contributed by atoms with Crippen molar-refractivity contribution in [2.75, 3.05) is 5.32 Å². The molecule has 0 radical (unpaired) electrons. The van der Waals surface area contributed by atoms with E-state index in [1.54, 1.807) is 18.5 Å². The number of carbonyl (C=O) groups excluding carboxylic acids is 1. The standard InChI is InChI=1S/C17H19N7OS2/c1-4-9-24-14(12-7-6-8-18-10-12)21-23-17(24)27-13(5-2)15(25)19-16-22-20-11(3)26-16/h4,6-8,10,13H,1,5,9H2,2-3H3,(H,19,22,25)/t13-/m0/s1. The number of hydrogen-bond acceptors (Lipinski definition) is 8. The number of amides is 1. The second-order valence-electron chi connectivity index (χ2n) is 5.58. The zero-order chi connectivity index (χ0) is 19.2. The SMILES string of the molecule is C=CCn1c(S[C@@H](CC)C(=O)Nc2nnc(C)s2)nnc1-c1cccnc1. The van der Waals surface area contributed by atoms with Crippen molar-refractivity contribution in [1.82, 2.24) is 29.9 Å². The zero-order valence-corrected chi connectivity index (χ0v) is 16.6. The van der Waals surface area contributed by atoms with Gasteiger partial charge in [-0.25, -0.2) is 0 Å². The molecule has 0 bridgehead atoms. The van der Waals surface area contributed by atoms with Crippen LogP contribution in [0, 0.1) is 6.92 Å². The predicted octanol–water partition coefficient (Wildman–Crippen LogP) is 3.20. The summed E-state index contributed by atoms with van der Waals surface area (Å²) in [5, 5.41) is 20.9. The average Bonchev–Trinajstić information content (AvgIpc) is 3.26. The van der Waals surface area contributed by atoms with Crippen molar-refractivity contribution in [2.24, 2.45) is 0 Å². The Morgan fingerprint density at radius 2 is 2.26 bits per heavy atom. The molecule has 8 nitrogen and oxygen atoms in total. The molecule has 0 saturated heterocycles. The van der Waals surface area contributed by atoms with Crippen molar-refractivity contribution in [3.8, 4) is 11.4 Å². The van der Waals surface area contributed by atoms with Gasteiger partial charge in [-0.1, -0.05) is 36.1 Å². The molecule has 140 valence electrons. The van der Waals surface area contributed by atoms with E-state index in [-0.39, 0.29) is 11.2 Å². The van der Waals surface area contributed by atoms with Gasteiger partial charge in [0.1, 0.15) is 5.01 Å². The van der Waals surface area contributed by atoms with Gasteiger partial charge in [-0.2, -0.15) is 0 Å². The molecule has 1 N–H and O–H groups in total. The maximum absolute atomic E-state index is 12.6. The minimum absolute atomic E-state index is 0.130. The van der Waals surface area contributed by atoms with E-state index in [0.29, 0.717) is 29.1 Å². The number of aromatic nitrogens is 6. The summed E-state index contributed by atoms with van der Waals surface area (Å²) in [6.45, 7) is 8.15. The number of thioether (sulfide) groups is 1. The monoisotopic (exact) mass is 401 g/mol. The maximum atomic E-state index is 12.6. The maximum Gasteiger partial charge on any atom is 0.239 e. The molecule has 0 aromatic carbocycles. The summed E-state index contributed by atoms with van der Waals surface area (Å²) in [5.41, 5.74) is 0.862. The molecule has 0 spiro atoms. The van der Waals surface area contributed by atoms with Gasteiger partial charge in [0.05, 0.1) is 5.25 Å². The fraction of sp³-hybridized carbons (Fsp3) is 0.294. The molecule has 0 aliphatic carbocycles. The molecule has 3 aromatic rings. The average molecular weight is 402 g/mol. The predicted molar refractivity (Wildman–Crippen MR) is 107 cm³/mol. The van der Waals surface area contributed by atoms with Crippen molar-refractivity contribution >= 4 is 34.1 Å². The lowest BCUT2D eigenvalue weighted by Crippen LogP contribution is -2.25. The van der Waals surface area contributed by atoms with Crippen LogP contribution >= 0.6 is 23.1 Å². The van der Waals surface area contributed by atoms with E-state index in [0.717, 1.165) is 10.6 Å². The summed E-state index contributed by atoms with van der Waals surface area (Å²) in [4.78, 5) is 16.8. The third-order valence-corrected chi connectivity index (χ3v) is 5.71. The number of allylic oxidation sites excluding steroid dienone is 1. The third kappa shape index (κ3) is 4.58. The fourth-order valence-corrected chi connectivity index (χ4v) is 3.92. The van der Waals surface area contributed by atoms with Crippen LogP contribution in [0.25, 0.3) is 11.4 Å². The van der Waals surface area contributed by atoms with Crippen molar-refractivity contribution in [3.05, 3.63) is 42.2 Å². The van der Waals surface area contributed by atoms with Crippen LogP contribution in [0.15, 0.2) is 42.3 Å². The van der Waals surface area contributed by atoms with Crippen LogP contribution in [-0.2, 0) is 11.3 Å². The summed E-state index contributed by atoms with van der Waals surface area (Å²) in [6, 6.07) is 3.77. The number of aryl methyl sites for hydroxylation is 1. The molecule has 3 aromatic heterocycles. The molecule has 0 unspecified atom stereocenters. The normalized spacial score (nSPS) is 11.9. The molecule has 1 atom stereocenters. The number of pyridine rings is 1. The van der Waals surface area contributed by atoms with Gasteiger partial charge in [-0.3, -0.25) is 19.7 Å². The van der Waals surface area contributed by atoms with E-state index in [1.165, 1.54) is 23.1 Å². The van der Waals surface area contributed by atoms with Crippen molar-refractivity contribution in [1.29, 1.82) is 0 Å². The minimum Gasteiger partial charge on any atom is -0.300 e. The molecular weight excluding hydrogens is 382 g/mol. The largest absolute Gasteiger partial charge is 0.300 e. The lowest BCUT2D eigenvalue weighted by molar-refractivity contribution is -0.115. The minimum atomic E-state index is -0.330. The lowest BCUT2D eigenvalue weighted by Gasteiger charge is -2.14. The number of anilines is 1. The molecule has 0 fully saturated rings. The second kappa shape index (κ2) is 8.87. The van der Waals surface area contributed by atoms with Gasteiger partial charge >= 0.3 is 0 Å². The Morgan fingerprint density at radius 3 is 2.89 bits per heavy atom. The van der Waals surface area contributed by atoms with Crippen LogP contribution in [0.2, 0.25) is 0 Å². The Kier molecular flexibility index (Phi) is 6.30. The molecule has 0 saturated carbocycles. The summed E-state index contributed by atoms with van der Waals surface area (Å²) in [7, 11) is 0. The van der Waals surface area contributed by atoms with Gasteiger partial charge in [0.15, 0.2) is 11.0 Å². The zero-order valence-electron chi connectivity index (χ0n) is 15.0. The highest BCUT2D eigenvalue weighted by Gasteiger charge is 2.23. The van der Waals surface area contributed by atoms with Crippen LogP contribution in [0.3, 0.4) is 0 Å². The highest BCUT2D eigenvalue weighted by Crippen LogP contribution is 2.29. The Hall–Kier alpha value is -2.59. The Morgan fingerprint density at radius 1 is 1.41 bits per heavy atom. The van der Waals surface area contributed by atoms with Gasteiger partial charge in [0.2, 0.25) is 11.0 Å². The van der Waals surface area contributed by atoms with E-state index < -0.39 is 0 Å². The molecule has 3 rings (SSSR count). The second-order valence-corrected chi connectivity index (χ2v) is 7.93. The van der Waals surface area contributed by atoms with E-state index in [9.17, 15) is 4.79 Å². The third-order valence-electron chi connectivity index (χ3n) is 3.62. The molecule has 0 aliphatic heterocycles. The Balaban J connectivity index is 1.81. The molecule has 1 amide bonds. The Labute approximate surface area is 165 Å². The van der Waals surface area contributed by atoms with E-state index in [4.69, 9.17) is 0 Å². The number of rotatable bonds is 8. The Bertz CT molecular complexity index is 923. The first-order valence-electron chi connectivity index (χ1n) is 8.34. The topological polar surface area (TPSA) is 98.5 Å². The molecule has 27 heavy (non-hydrogen) atoms. The first-order chi connectivity index (χ1) is 13.1. The van der Waals surface area contributed by atoms with Crippen LogP contribution in [0.1, 0.15) is 18.4 Å². The fourth-order valence-electron chi connectivity index (χ4n) is 2.36. The number of nitrogens with one attached hydrogen (secondary N) is 1. The van der Waals surface area contributed by atoms with Gasteiger partial charge in [0, 0.05) is 24.5 Å². The summed E-state index contributed by atoms with van der Waals surface area (Å²) < 4.78 is 1.93. The van der Waals surface area contributed by atoms with Crippen molar-refractivity contribution in [3.63, 3.8) is 0 Å². The number of nitrogens with zero attached hydrogens (tertiary/aromatic N) is 6. The highest BCUT2D eigenvalue weighted by molar-refractivity contribution is 8.00. The van der Waals surface area contributed by atoms with E-state index in [1.807, 2.05) is 30.5 Å². The highest BCUT2D eigenvalue weighted by atomic mass is 32.2. The van der Waals surface area contributed by atoms with Crippen LogP contribution in [-0.4, -0.2) is 41.1 Å². The summed E-state index contributed by atoms with van der Waals surface area (Å²) in [5.74, 6) is 0.565. The van der Waals surface area contributed by atoms with Crippen LogP contribution in [0.5, 0.6) is 0 Å². The van der Waals surface area contributed by atoms with Crippen LogP contribution < -0.4 is 5.32 Å². The first kappa shape index (κ1) is 19.2. The van der Waals surface area contributed by atoms with Crippen molar-refractivity contribution in [2.45, 2.75) is 37.2 Å². The summed E-state index contributed by atoms with van der Waals surface area (Å²) in [6.07, 6.45) is 5.86.